The van der Waals surface area contributed by atoms with Crippen LogP contribution in [0.15, 0.2) is 53.6 Å². The topological polar surface area (TPSA) is 119 Å². The van der Waals surface area contributed by atoms with Crippen molar-refractivity contribution >= 4 is 17.7 Å². The second-order valence-electron chi connectivity index (χ2n) is 7.56. The highest BCUT2D eigenvalue weighted by molar-refractivity contribution is 6.05. The van der Waals surface area contributed by atoms with E-state index >= 15 is 0 Å². The van der Waals surface area contributed by atoms with Gasteiger partial charge in [-0.15, -0.1) is 5.10 Å². The van der Waals surface area contributed by atoms with E-state index in [-0.39, 0.29) is 30.3 Å². The number of pyridine rings is 1. The monoisotopic (exact) mass is 418 g/mol. The zero-order chi connectivity index (χ0) is 21.5. The summed E-state index contributed by atoms with van der Waals surface area (Å²) in [7, 11) is 0. The Morgan fingerprint density at radius 2 is 1.97 bits per heavy atom. The van der Waals surface area contributed by atoms with Crippen molar-refractivity contribution in [2.45, 2.75) is 32.0 Å². The van der Waals surface area contributed by atoms with Gasteiger partial charge in [0.05, 0.1) is 18.4 Å². The van der Waals surface area contributed by atoms with Gasteiger partial charge in [0, 0.05) is 30.8 Å². The van der Waals surface area contributed by atoms with E-state index in [0.717, 1.165) is 5.56 Å². The number of amides is 3. The fourth-order valence-electron chi connectivity index (χ4n) is 3.95. The van der Waals surface area contributed by atoms with Crippen LogP contribution in [0.5, 0.6) is 0 Å². The van der Waals surface area contributed by atoms with Gasteiger partial charge in [-0.05, 0) is 30.2 Å². The zero-order valence-corrected chi connectivity index (χ0v) is 16.4. The van der Waals surface area contributed by atoms with Gasteiger partial charge < -0.3 is 9.47 Å². The molecule has 31 heavy (non-hydrogen) atoms. The minimum absolute atomic E-state index is 0.131. The van der Waals surface area contributed by atoms with Crippen molar-refractivity contribution in [2.75, 3.05) is 0 Å². The second kappa shape index (κ2) is 7.31. The number of imide groups is 1. The lowest BCUT2D eigenvalue weighted by Crippen LogP contribution is -2.52. The van der Waals surface area contributed by atoms with Crippen LogP contribution in [0, 0.1) is 0 Å². The number of nitrogens with one attached hydrogen (secondary N) is 1. The Morgan fingerprint density at radius 1 is 1.10 bits per heavy atom. The molecule has 1 unspecified atom stereocenters. The molecule has 156 valence electrons. The summed E-state index contributed by atoms with van der Waals surface area (Å²) in [6.45, 7) is 0.604. The number of hydrogen-bond acceptors (Lipinski definition) is 6. The number of rotatable bonds is 4. The number of carbonyl (C=O) groups is 3. The van der Waals surface area contributed by atoms with Gasteiger partial charge in [-0.1, -0.05) is 17.3 Å². The van der Waals surface area contributed by atoms with E-state index in [0.29, 0.717) is 29.9 Å². The largest absolute Gasteiger partial charge is 0.322 e. The molecule has 1 atom stereocenters. The van der Waals surface area contributed by atoms with Gasteiger partial charge in [0.25, 0.3) is 11.5 Å². The minimum atomic E-state index is -0.650. The Morgan fingerprint density at radius 3 is 2.77 bits per heavy atom. The molecule has 2 aromatic heterocycles. The summed E-state index contributed by atoms with van der Waals surface area (Å²) in [5.74, 6) is -0.996. The summed E-state index contributed by atoms with van der Waals surface area (Å²) in [6.07, 6.45) is 3.92. The molecule has 2 aliphatic rings. The lowest BCUT2D eigenvalue weighted by Gasteiger charge is -2.29. The van der Waals surface area contributed by atoms with Gasteiger partial charge in [-0.2, -0.15) is 0 Å². The lowest BCUT2D eigenvalue weighted by molar-refractivity contribution is -0.136. The Bertz CT molecular complexity index is 1280. The average molecular weight is 418 g/mol. The van der Waals surface area contributed by atoms with Crippen LogP contribution in [0.3, 0.4) is 0 Å². The van der Waals surface area contributed by atoms with Crippen molar-refractivity contribution in [3.8, 4) is 5.69 Å². The summed E-state index contributed by atoms with van der Waals surface area (Å²) in [4.78, 5) is 49.9. The molecule has 0 radical (unpaired) electrons. The molecular weight excluding hydrogens is 400 g/mol. The van der Waals surface area contributed by atoms with Crippen LogP contribution in [0.25, 0.3) is 5.69 Å². The van der Waals surface area contributed by atoms with E-state index < -0.39 is 11.9 Å². The summed E-state index contributed by atoms with van der Waals surface area (Å²) in [6, 6.07) is 9.65. The van der Waals surface area contributed by atoms with E-state index in [2.05, 4.69) is 15.6 Å². The van der Waals surface area contributed by atoms with E-state index in [9.17, 15) is 19.2 Å². The molecule has 0 spiro atoms. The van der Waals surface area contributed by atoms with E-state index in [1.165, 1.54) is 15.5 Å². The molecule has 0 bridgehead atoms. The molecule has 0 saturated carbocycles. The average Bonchev–Trinajstić information content (AvgIpc) is 3.34. The number of hydrogen-bond donors (Lipinski definition) is 1. The van der Waals surface area contributed by atoms with Crippen molar-refractivity contribution in [3.63, 3.8) is 0 Å². The second-order valence-corrected chi connectivity index (χ2v) is 7.56. The Labute approximate surface area is 176 Å². The molecule has 10 nitrogen and oxygen atoms in total. The molecule has 10 heteroatoms. The molecule has 4 heterocycles. The number of nitrogens with zero attached hydrogens (tertiary/aromatic N) is 5. The van der Waals surface area contributed by atoms with Crippen LogP contribution in [0.1, 0.15) is 34.5 Å². The predicted octanol–water partition coefficient (Wildman–Crippen LogP) is 0.238. The predicted molar refractivity (Wildman–Crippen MR) is 107 cm³/mol. The molecule has 3 amide bonds. The Hall–Kier alpha value is -4.08. The van der Waals surface area contributed by atoms with Crippen LogP contribution in [-0.4, -0.2) is 48.2 Å². The van der Waals surface area contributed by atoms with Crippen LogP contribution in [0.4, 0.5) is 0 Å². The first-order valence-electron chi connectivity index (χ1n) is 9.84. The highest BCUT2D eigenvalue weighted by atomic mass is 16.2. The molecule has 3 aromatic rings. The van der Waals surface area contributed by atoms with Gasteiger partial charge in [0.2, 0.25) is 11.8 Å². The molecule has 1 N–H and O–H groups in total. The maximum absolute atomic E-state index is 13.0. The molecule has 0 aliphatic carbocycles. The van der Waals surface area contributed by atoms with E-state index in [1.807, 2.05) is 12.1 Å². The van der Waals surface area contributed by atoms with Crippen molar-refractivity contribution in [3.05, 3.63) is 76.0 Å². The SMILES string of the molecule is O=C1CCC(N2Cc3ccc(-n4cc(Cn5ccccc5=O)nn4)cc3C2=O)C(=O)N1. The third-order valence-electron chi connectivity index (χ3n) is 5.55. The Kier molecular flexibility index (Phi) is 4.46. The third kappa shape index (κ3) is 3.41. The van der Waals surface area contributed by atoms with Crippen molar-refractivity contribution in [2.24, 2.45) is 0 Å². The van der Waals surface area contributed by atoms with Crippen molar-refractivity contribution < 1.29 is 14.4 Å². The number of aromatic nitrogens is 4. The number of carbonyl (C=O) groups excluding carboxylic acids is 3. The van der Waals surface area contributed by atoms with Gasteiger partial charge in [-0.25, -0.2) is 4.68 Å². The summed E-state index contributed by atoms with van der Waals surface area (Å²) in [5.41, 5.74) is 2.43. The first-order chi connectivity index (χ1) is 15.0. The zero-order valence-electron chi connectivity index (χ0n) is 16.4. The van der Waals surface area contributed by atoms with Gasteiger partial charge in [0.15, 0.2) is 0 Å². The van der Waals surface area contributed by atoms with Crippen LogP contribution >= 0.6 is 0 Å². The smallest absolute Gasteiger partial charge is 0.255 e. The quantitative estimate of drug-likeness (QED) is 0.606. The van der Waals surface area contributed by atoms with Gasteiger partial charge >= 0.3 is 0 Å². The van der Waals surface area contributed by atoms with Crippen LogP contribution in [0.2, 0.25) is 0 Å². The Balaban J connectivity index is 1.37. The molecule has 1 saturated heterocycles. The maximum atomic E-state index is 13.0. The normalized spacial score (nSPS) is 18.3. The molecular formula is C21H18N6O4. The molecule has 2 aliphatic heterocycles. The van der Waals surface area contributed by atoms with E-state index in [4.69, 9.17) is 0 Å². The van der Waals surface area contributed by atoms with E-state index in [1.54, 1.807) is 35.3 Å². The van der Waals surface area contributed by atoms with Crippen molar-refractivity contribution in [1.82, 2.24) is 29.8 Å². The number of fused-ring (bicyclic) bond motifs is 1. The lowest BCUT2D eigenvalue weighted by atomic mass is 10.0. The first kappa shape index (κ1) is 18.9. The van der Waals surface area contributed by atoms with Crippen LogP contribution in [-0.2, 0) is 22.7 Å². The third-order valence-corrected chi connectivity index (χ3v) is 5.55. The fourth-order valence-corrected chi connectivity index (χ4v) is 3.95. The fraction of sp³-hybridized carbons (Fsp3) is 0.238. The summed E-state index contributed by atoms with van der Waals surface area (Å²) < 4.78 is 3.07. The number of piperidine rings is 1. The first-order valence-corrected chi connectivity index (χ1v) is 9.84. The summed E-state index contributed by atoms with van der Waals surface area (Å²) >= 11 is 0. The highest BCUT2D eigenvalue weighted by Crippen LogP contribution is 2.29. The highest BCUT2D eigenvalue weighted by Gasteiger charge is 2.39. The molecule has 1 aromatic carbocycles. The van der Waals surface area contributed by atoms with Crippen molar-refractivity contribution in [1.29, 1.82) is 0 Å². The maximum Gasteiger partial charge on any atom is 0.255 e. The molecule has 1 fully saturated rings. The number of benzene rings is 1. The van der Waals surface area contributed by atoms with Gasteiger partial charge in [0.1, 0.15) is 11.7 Å². The van der Waals surface area contributed by atoms with Crippen LogP contribution < -0.4 is 10.9 Å². The van der Waals surface area contributed by atoms with Gasteiger partial charge in [-0.3, -0.25) is 24.5 Å². The summed E-state index contributed by atoms with van der Waals surface area (Å²) in [5, 5.41) is 10.5. The molecule has 5 rings (SSSR count). The standard InChI is InChI=1S/C21H18N6O4/c28-18-7-6-17(20(30)22-18)26-10-13-4-5-15(9-16(13)21(26)31)27-12-14(23-24-27)11-25-8-2-1-3-19(25)29/h1-5,8-9,12,17H,6-7,10-11H2,(H,22,28,30). The minimum Gasteiger partial charge on any atom is -0.322 e.